The smallest absolute Gasteiger partial charge is 0.248 e. The van der Waals surface area contributed by atoms with Crippen molar-refractivity contribution in [3.63, 3.8) is 0 Å². The van der Waals surface area contributed by atoms with Gasteiger partial charge in [-0.25, -0.2) is 0 Å². The predicted molar refractivity (Wildman–Crippen MR) is 84.4 cm³/mol. The molecule has 3 rings (SSSR count). The van der Waals surface area contributed by atoms with Gasteiger partial charge in [0, 0.05) is 11.0 Å². The lowest BCUT2D eigenvalue weighted by Gasteiger charge is -2.01. The largest absolute Gasteiger partial charge is 0.419 e. The van der Waals surface area contributed by atoms with Gasteiger partial charge < -0.3 is 9.73 Å². The van der Waals surface area contributed by atoms with Crippen LogP contribution in [-0.2, 0) is 13.1 Å². The Labute approximate surface area is 131 Å². The molecule has 0 radical (unpaired) electrons. The lowest BCUT2D eigenvalue weighted by Crippen LogP contribution is -2.12. The number of aromatic nitrogens is 2. The van der Waals surface area contributed by atoms with E-state index in [-0.39, 0.29) is 0 Å². The quantitative estimate of drug-likeness (QED) is 0.765. The number of benzene rings is 2. The van der Waals surface area contributed by atoms with Gasteiger partial charge in [-0.3, -0.25) is 0 Å². The maximum Gasteiger partial charge on any atom is 0.248 e. The van der Waals surface area contributed by atoms with E-state index in [4.69, 9.17) is 4.42 Å². The molecule has 21 heavy (non-hydrogen) atoms. The molecule has 0 aliphatic carbocycles. The zero-order valence-electron chi connectivity index (χ0n) is 11.3. The first-order valence-corrected chi connectivity index (χ1v) is 7.44. The minimum absolute atomic E-state index is 0.527. The highest BCUT2D eigenvalue weighted by Crippen LogP contribution is 2.26. The highest BCUT2D eigenvalue weighted by atomic mass is 79.9. The summed E-state index contributed by atoms with van der Waals surface area (Å²) in [6, 6.07) is 18.0. The molecule has 0 aliphatic rings. The maximum atomic E-state index is 5.67. The molecule has 106 valence electrons. The van der Waals surface area contributed by atoms with E-state index < -0.39 is 0 Å². The minimum atomic E-state index is 0.527. The second kappa shape index (κ2) is 6.65. The summed E-state index contributed by atoms with van der Waals surface area (Å²) in [7, 11) is 0. The van der Waals surface area contributed by atoms with Crippen LogP contribution in [0.25, 0.3) is 11.5 Å². The van der Waals surface area contributed by atoms with Gasteiger partial charge in [-0.15, -0.1) is 10.2 Å². The Hall–Kier alpha value is -1.98. The van der Waals surface area contributed by atoms with E-state index in [1.54, 1.807) is 0 Å². The van der Waals surface area contributed by atoms with Crippen molar-refractivity contribution >= 4 is 15.9 Å². The average molecular weight is 344 g/mol. The van der Waals surface area contributed by atoms with E-state index in [0.717, 1.165) is 16.6 Å². The van der Waals surface area contributed by atoms with Crippen molar-refractivity contribution in [2.45, 2.75) is 13.1 Å². The van der Waals surface area contributed by atoms with Crippen LogP contribution in [0.15, 0.2) is 63.5 Å². The third-order valence-electron chi connectivity index (χ3n) is 3.02. The van der Waals surface area contributed by atoms with E-state index in [0.29, 0.717) is 18.3 Å². The third-order valence-corrected chi connectivity index (χ3v) is 3.71. The first-order chi connectivity index (χ1) is 10.3. The van der Waals surface area contributed by atoms with Crippen molar-refractivity contribution in [3.05, 3.63) is 70.5 Å². The van der Waals surface area contributed by atoms with Gasteiger partial charge in [0.25, 0.3) is 0 Å². The van der Waals surface area contributed by atoms with Crippen molar-refractivity contribution in [3.8, 4) is 11.5 Å². The van der Waals surface area contributed by atoms with Gasteiger partial charge in [0.05, 0.1) is 12.1 Å². The molecule has 0 aliphatic heterocycles. The monoisotopic (exact) mass is 343 g/mol. The zero-order chi connectivity index (χ0) is 14.5. The number of rotatable bonds is 5. The molecule has 0 saturated heterocycles. The topological polar surface area (TPSA) is 51.0 Å². The Balaban J connectivity index is 1.62. The fourth-order valence-corrected chi connectivity index (χ4v) is 2.43. The lowest BCUT2D eigenvalue weighted by molar-refractivity contribution is 0.477. The summed E-state index contributed by atoms with van der Waals surface area (Å²) in [5.41, 5.74) is 2.13. The van der Waals surface area contributed by atoms with E-state index in [1.165, 1.54) is 5.56 Å². The summed E-state index contributed by atoms with van der Waals surface area (Å²) in [5.74, 6) is 1.11. The van der Waals surface area contributed by atoms with Crippen LogP contribution in [0, 0.1) is 0 Å². The molecule has 2 aromatic carbocycles. The first-order valence-electron chi connectivity index (χ1n) is 6.65. The average Bonchev–Trinajstić information content (AvgIpc) is 2.97. The summed E-state index contributed by atoms with van der Waals surface area (Å²) >= 11 is 3.48. The van der Waals surface area contributed by atoms with Gasteiger partial charge in [-0.2, -0.15) is 0 Å². The molecule has 0 amide bonds. The molecule has 0 fully saturated rings. The van der Waals surface area contributed by atoms with Crippen molar-refractivity contribution in [2.75, 3.05) is 0 Å². The van der Waals surface area contributed by atoms with E-state index >= 15 is 0 Å². The lowest BCUT2D eigenvalue weighted by atomic mass is 10.2. The van der Waals surface area contributed by atoms with Crippen LogP contribution in [0.1, 0.15) is 11.5 Å². The standard InChI is InChI=1S/C16H14BrN3O/c17-14-9-5-4-8-13(14)16-20-19-15(21-16)11-18-10-12-6-2-1-3-7-12/h1-9,18H,10-11H2. The van der Waals surface area contributed by atoms with Gasteiger partial charge in [-0.1, -0.05) is 42.5 Å². The summed E-state index contributed by atoms with van der Waals surface area (Å²) in [5, 5.41) is 11.4. The first kappa shape index (κ1) is 14.0. The number of nitrogens with one attached hydrogen (secondary N) is 1. The Morgan fingerprint density at radius 2 is 1.67 bits per heavy atom. The van der Waals surface area contributed by atoms with E-state index in [1.807, 2.05) is 42.5 Å². The third kappa shape index (κ3) is 3.56. The highest BCUT2D eigenvalue weighted by Gasteiger charge is 2.10. The van der Waals surface area contributed by atoms with Crippen LogP contribution in [-0.4, -0.2) is 10.2 Å². The molecule has 4 nitrogen and oxygen atoms in total. The van der Waals surface area contributed by atoms with Crippen molar-refractivity contribution < 1.29 is 4.42 Å². The van der Waals surface area contributed by atoms with Crippen molar-refractivity contribution in [1.82, 2.24) is 15.5 Å². The van der Waals surface area contributed by atoms with E-state index in [9.17, 15) is 0 Å². The molecule has 1 N–H and O–H groups in total. The summed E-state index contributed by atoms with van der Waals surface area (Å²) in [6.45, 7) is 1.32. The van der Waals surface area contributed by atoms with E-state index in [2.05, 4.69) is 43.6 Å². The van der Waals surface area contributed by atoms with Crippen LogP contribution in [0.3, 0.4) is 0 Å². The van der Waals surface area contributed by atoms with Crippen molar-refractivity contribution in [2.24, 2.45) is 0 Å². The van der Waals surface area contributed by atoms with Crippen LogP contribution < -0.4 is 5.32 Å². The number of hydrogen-bond acceptors (Lipinski definition) is 4. The molecular weight excluding hydrogens is 330 g/mol. The molecular formula is C16H14BrN3O. The number of halogens is 1. The molecule has 5 heteroatoms. The zero-order valence-corrected chi connectivity index (χ0v) is 12.9. The van der Waals surface area contributed by atoms with Gasteiger partial charge in [0.2, 0.25) is 11.8 Å². The van der Waals surface area contributed by atoms with Gasteiger partial charge in [0.1, 0.15) is 0 Å². The normalized spacial score (nSPS) is 10.7. The SMILES string of the molecule is Brc1ccccc1-c1nnc(CNCc2ccccc2)o1. The fourth-order valence-electron chi connectivity index (χ4n) is 1.98. The van der Waals surface area contributed by atoms with Gasteiger partial charge >= 0.3 is 0 Å². The highest BCUT2D eigenvalue weighted by molar-refractivity contribution is 9.10. The van der Waals surface area contributed by atoms with Crippen LogP contribution >= 0.6 is 15.9 Å². The molecule has 0 atom stereocenters. The molecule has 0 unspecified atom stereocenters. The molecule has 0 bridgehead atoms. The Bertz CT molecular complexity index is 712. The Morgan fingerprint density at radius 3 is 2.48 bits per heavy atom. The minimum Gasteiger partial charge on any atom is -0.419 e. The number of nitrogens with zero attached hydrogens (tertiary/aromatic N) is 2. The number of hydrogen-bond donors (Lipinski definition) is 1. The second-order valence-electron chi connectivity index (χ2n) is 4.57. The fraction of sp³-hybridized carbons (Fsp3) is 0.125. The van der Waals surface area contributed by atoms with Gasteiger partial charge in [-0.05, 0) is 33.6 Å². The molecule has 1 heterocycles. The molecule has 1 aromatic heterocycles. The summed E-state index contributed by atoms with van der Waals surface area (Å²) in [4.78, 5) is 0. The summed E-state index contributed by atoms with van der Waals surface area (Å²) in [6.07, 6.45) is 0. The van der Waals surface area contributed by atoms with Crippen LogP contribution in [0.4, 0.5) is 0 Å². The molecule has 0 saturated carbocycles. The summed E-state index contributed by atoms with van der Waals surface area (Å²) < 4.78 is 6.62. The van der Waals surface area contributed by atoms with Crippen LogP contribution in [0.2, 0.25) is 0 Å². The van der Waals surface area contributed by atoms with Gasteiger partial charge in [0.15, 0.2) is 0 Å². The second-order valence-corrected chi connectivity index (χ2v) is 5.42. The Morgan fingerprint density at radius 1 is 0.905 bits per heavy atom. The molecule has 0 spiro atoms. The Kier molecular flexibility index (Phi) is 4.43. The molecule has 3 aromatic rings. The van der Waals surface area contributed by atoms with Crippen LogP contribution in [0.5, 0.6) is 0 Å². The maximum absolute atomic E-state index is 5.67. The van der Waals surface area contributed by atoms with Crippen molar-refractivity contribution in [1.29, 1.82) is 0 Å². The predicted octanol–water partition coefficient (Wildman–Crippen LogP) is 3.79.